The molecule has 2 amide bonds. The van der Waals surface area contributed by atoms with Crippen LogP contribution < -0.4 is 9.62 Å². The summed E-state index contributed by atoms with van der Waals surface area (Å²) in [5, 5.41) is 4.04. The Balaban J connectivity index is 1.83. The molecule has 4 aromatic carbocycles. The van der Waals surface area contributed by atoms with Gasteiger partial charge in [0.15, 0.2) is 0 Å². The van der Waals surface area contributed by atoms with Crippen molar-refractivity contribution in [3.05, 3.63) is 129 Å². The summed E-state index contributed by atoms with van der Waals surface area (Å²) in [5.74, 6) is -0.981. The number of rotatable bonds is 11. The van der Waals surface area contributed by atoms with E-state index in [0.717, 1.165) is 15.4 Å². The Morgan fingerprint density at radius 2 is 1.43 bits per heavy atom. The van der Waals surface area contributed by atoms with E-state index >= 15 is 0 Å². The van der Waals surface area contributed by atoms with Crippen molar-refractivity contribution >= 4 is 62.3 Å². The molecule has 242 valence electrons. The maximum Gasteiger partial charge on any atom is 0.264 e. The van der Waals surface area contributed by atoms with E-state index in [-0.39, 0.29) is 34.5 Å². The lowest BCUT2D eigenvalue weighted by atomic mass is 10.0. The van der Waals surface area contributed by atoms with Crippen LogP contribution in [-0.2, 0) is 32.6 Å². The number of benzene rings is 4. The van der Waals surface area contributed by atoms with E-state index in [1.807, 2.05) is 58.0 Å². The van der Waals surface area contributed by atoms with E-state index in [1.165, 1.54) is 17.0 Å². The SMILES string of the molecule is Cc1ccc(S(=O)(=O)N(CC(=O)N(Cc2ccc(Cl)c(Cl)c2)[C@@H](Cc2ccccc2)C(=O)NC(C)(C)C)c2ccc(Cl)cc2)cc1. The van der Waals surface area contributed by atoms with Crippen molar-refractivity contribution < 1.29 is 18.0 Å². The Hall–Kier alpha value is -3.56. The zero-order valence-corrected chi connectivity index (χ0v) is 29.1. The fourth-order valence-electron chi connectivity index (χ4n) is 4.82. The summed E-state index contributed by atoms with van der Waals surface area (Å²) in [6.07, 6.45) is 0.182. The quantitative estimate of drug-likeness (QED) is 0.174. The molecule has 4 aromatic rings. The van der Waals surface area contributed by atoms with Crippen LogP contribution >= 0.6 is 34.8 Å². The minimum Gasteiger partial charge on any atom is -0.350 e. The molecule has 7 nitrogen and oxygen atoms in total. The number of amides is 2. The van der Waals surface area contributed by atoms with Crippen LogP contribution in [0.2, 0.25) is 15.1 Å². The van der Waals surface area contributed by atoms with Crippen LogP contribution in [0.3, 0.4) is 0 Å². The average Bonchev–Trinajstić information content (AvgIpc) is 2.99. The van der Waals surface area contributed by atoms with Gasteiger partial charge in [0.25, 0.3) is 10.0 Å². The number of carbonyl (C=O) groups excluding carboxylic acids is 2. The van der Waals surface area contributed by atoms with Crippen LogP contribution in [0.5, 0.6) is 0 Å². The van der Waals surface area contributed by atoms with Crippen molar-refractivity contribution in [3.8, 4) is 0 Å². The summed E-state index contributed by atoms with van der Waals surface area (Å²) in [6, 6.07) is 25.9. The summed E-state index contributed by atoms with van der Waals surface area (Å²) in [7, 11) is -4.23. The number of hydrogen-bond acceptors (Lipinski definition) is 4. The molecule has 0 radical (unpaired) electrons. The standard InChI is InChI=1S/C35H36Cl3N3O4S/c1-24-10-17-29(18-11-24)46(44,45)41(28-15-13-27(36)14-16-28)23-33(42)40(22-26-12-19-30(37)31(38)20-26)32(34(43)39-35(2,3)4)21-25-8-6-5-7-9-25/h5-20,32H,21-23H2,1-4H3,(H,39,43)/t32-/m0/s1. The van der Waals surface area contributed by atoms with Gasteiger partial charge >= 0.3 is 0 Å². The maximum absolute atomic E-state index is 14.5. The first-order valence-corrected chi connectivity index (χ1v) is 17.2. The second kappa shape index (κ2) is 14.9. The fraction of sp³-hybridized carbons (Fsp3) is 0.257. The molecule has 0 bridgehead atoms. The molecule has 0 fully saturated rings. The zero-order valence-electron chi connectivity index (χ0n) is 26.0. The number of nitrogens with one attached hydrogen (secondary N) is 1. The predicted octanol–water partition coefficient (Wildman–Crippen LogP) is 7.71. The van der Waals surface area contributed by atoms with Crippen LogP contribution in [0.15, 0.2) is 102 Å². The van der Waals surface area contributed by atoms with Gasteiger partial charge in [-0.25, -0.2) is 8.42 Å². The molecule has 0 aliphatic carbocycles. The van der Waals surface area contributed by atoms with Gasteiger partial charge in [0.2, 0.25) is 11.8 Å². The van der Waals surface area contributed by atoms with Gasteiger partial charge in [-0.2, -0.15) is 0 Å². The van der Waals surface area contributed by atoms with E-state index < -0.39 is 34.1 Å². The van der Waals surface area contributed by atoms with E-state index in [2.05, 4.69) is 5.32 Å². The number of carbonyl (C=O) groups is 2. The summed E-state index contributed by atoms with van der Waals surface area (Å²) in [5.41, 5.74) is 1.96. The Morgan fingerprint density at radius 1 is 0.804 bits per heavy atom. The number of nitrogens with zero attached hydrogens (tertiary/aromatic N) is 2. The molecule has 0 aromatic heterocycles. The Labute approximate surface area is 286 Å². The van der Waals surface area contributed by atoms with Crippen LogP contribution in [0.25, 0.3) is 0 Å². The van der Waals surface area contributed by atoms with Crippen molar-refractivity contribution in [2.75, 3.05) is 10.8 Å². The molecule has 0 saturated carbocycles. The molecule has 1 atom stereocenters. The third-order valence-electron chi connectivity index (χ3n) is 7.11. The summed E-state index contributed by atoms with van der Waals surface area (Å²) >= 11 is 18.7. The van der Waals surface area contributed by atoms with Gasteiger partial charge in [-0.15, -0.1) is 0 Å². The van der Waals surface area contributed by atoms with E-state index in [0.29, 0.717) is 15.6 Å². The Kier molecular flexibility index (Phi) is 11.4. The Morgan fingerprint density at radius 3 is 2.02 bits per heavy atom. The number of anilines is 1. The van der Waals surface area contributed by atoms with Crippen LogP contribution in [0, 0.1) is 6.92 Å². The van der Waals surface area contributed by atoms with Gasteiger partial charge in [-0.3, -0.25) is 13.9 Å². The third-order valence-corrected chi connectivity index (χ3v) is 9.89. The van der Waals surface area contributed by atoms with Crippen LogP contribution in [-0.4, -0.2) is 43.3 Å². The highest BCUT2D eigenvalue weighted by Gasteiger charge is 2.35. The zero-order chi connectivity index (χ0) is 33.6. The lowest BCUT2D eigenvalue weighted by molar-refractivity contribution is -0.140. The maximum atomic E-state index is 14.5. The van der Waals surface area contributed by atoms with Crippen molar-refractivity contribution in [2.45, 2.75) is 57.1 Å². The molecule has 0 aliphatic rings. The van der Waals surface area contributed by atoms with Gasteiger partial charge in [0.1, 0.15) is 12.6 Å². The van der Waals surface area contributed by atoms with Gasteiger partial charge in [0, 0.05) is 23.5 Å². The van der Waals surface area contributed by atoms with E-state index in [4.69, 9.17) is 34.8 Å². The fourth-order valence-corrected chi connectivity index (χ4v) is 6.68. The first-order chi connectivity index (χ1) is 21.6. The second-order valence-electron chi connectivity index (χ2n) is 12.0. The monoisotopic (exact) mass is 699 g/mol. The van der Waals surface area contributed by atoms with Crippen molar-refractivity contribution in [1.29, 1.82) is 0 Å². The molecule has 4 rings (SSSR count). The summed E-state index contributed by atoms with van der Waals surface area (Å²) in [4.78, 5) is 29.9. The van der Waals surface area contributed by atoms with Crippen molar-refractivity contribution in [1.82, 2.24) is 10.2 Å². The average molecular weight is 701 g/mol. The van der Waals surface area contributed by atoms with Gasteiger partial charge in [-0.1, -0.05) is 88.9 Å². The first-order valence-electron chi connectivity index (χ1n) is 14.6. The normalized spacial score (nSPS) is 12.3. The van der Waals surface area contributed by atoms with Crippen molar-refractivity contribution in [3.63, 3.8) is 0 Å². The number of halogens is 3. The summed E-state index contributed by atoms with van der Waals surface area (Å²) < 4.78 is 29.3. The third kappa shape index (κ3) is 9.26. The lowest BCUT2D eigenvalue weighted by Gasteiger charge is -2.35. The molecule has 46 heavy (non-hydrogen) atoms. The lowest BCUT2D eigenvalue weighted by Crippen LogP contribution is -2.56. The molecule has 0 aliphatic heterocycles. The largest absolute Gasteiger partial charge is 0.350 e. The number of hydrogen-bond donors (Lipinski definition) is 1. The minimum absolute atomic E-state index is 0.0168. The van der Waals surface area contributed by atoms with E-state index in [9.17, 15) is 18.0 Å². The molecular formula is C35H36Cl3N3O4S. The first kappa shape index (κ1) is 35.3. The van der Waals surface area contributed by atoms with E-state index in [1.54, 1.807) is 54.6 Å². The molecule has 0 unspecified atom stereocenters. The van der Waals surface area contributed by atoms with Crippen LogP contribution in [0.1, 0.15) is 37.5 Å². The van der Waals surface area contributed by atoms with Gasteiger partial charge < -0.3 is 10.2 Å². The predicted molar refractivity (Wildman–Crippen MR) is 186 cm³/mol. The molecule has 1 N–H and O–H groups in total. The Bertz CT molecular complexity index is 1780. The highest BCUT2D eigenvalue weighted by molar-refractivity contribution is 7.92. The topological polar surface area (TPSA) is 86.8 Å². The van der Waals surface area contributed by atoms with Crippen molar-refractivity contribution in [2.24, 2.45) is 0 Å². The highest BCUT2D eigenvalue weighted by atomic mass is 35.5. The molecule has 11 heteroatoms. The highest BCUT2D eigenvalue weighted by Crippen LogP contribution is 2.28. The summed E-state index contributed by atoms with van der Waals surface area (Å²) in [6.45, 7) is 6.79. The number of aryl methyl sites for hydroxylation is 1. The van der Waals surface area contributed by atoms with Gasteiger partial charge in [0.05, 0.1) is 20.6 Å². The van der Waals surface area contributed by atoms with Crippen LogP contribution in [0.4, 0.5) is 5.69 Å². The smallest absolute Gasteiger partial charge is 0.264 e. The second-order valence-corrected chi connectivity index (χ2v) is 15.1. The minimum atomic E-state index is -4.23. The molecule has 0 heterocycles. The molecule has 0 saturated heterocycles. The van der Waals surface area contributed by atoms with Gasteiger partial charge in [-0.05, 0) is 87.4 Å². The number of sulfonamides is 1. The molecular weight excluding hydrogens is 665 g/mol. The molecule has 0 spiro atoms.